The molecule has 31 heavy (non-hydrogen) atoms. The lowest BCUT2D eigenvalue weighted by atomic mass is 10.0. The number of pyridine rings is 1. The van der Waals surface area contributed by atoms with Gasteiger partial charge in [0, 0.05) is 11.8 Å². The van der Waals surface area contributed by atoms with E-state index in [1.165, 1.54) is 17.3 Å². The molecular formula is C22H21F3N4O2. The molecule has 1 unspecified atom stereocenters. The Bertz CT molecular complexity index is 1170. The zero-order chi connectivity index (χ0) is 22.5. The van der Waals surface area contributed by atoms with Crippen LogP contribution in [0, 0.1) is 13.8 Å². The summed E-state index contributed by atoms with van der Waals surface area (Å²) in [5, 5.41) is 3.76. The Morgan fingerprint density at radius 2 is 1.90 bits per heavy atom. The first kappa shape index (κ1) is 20.9. The van der Waals surface area contributed by atoms with Gasteiger partial charge in [0.1, 0.15) is 12.3 Å². The third-order valence-electron chi connectivity index (χ3n) is 5.28. The molecule has 0 spiro atoms. The van der Waals surface area contributed by atoms with Gasteiger partial charge in [-0.2, -0.15) is 18.3 Å². The molecule has 2 aromatic heterocycles. The minimum Gasteiger partial charge on any atom is -0.497 e. The molecule has 1 aliphatic heterocycles. The van der Waals surface area contributed by atoms with Gasteiger partial charge >= 0.3 is 6.18 Å². The summed E-state index contributed by atoms with van der Waals surface area (Å²) < 4.78 is 44.2. The second kappa shape index (κ2) is 7.40. The van der Waals surface area contributed by atoms with E-state index in [1.54, 1.807) is 14.0 Å². The van der Waals surface area contributed by atoms with E-state index in [1.807, 2.05) is 38.1 Å². The topological polar surface area (TPSA) is 60.2 Å². The minimum atomic E-state index is -4.39. The summed E-state index contributed by atoms with van der Waals surface area (Å²) in [6.45, 7) is 4.38. The van der Waals surface area contributed by atoms with Crippen LogP contribution in [0.5, 0.6) is 5.75 Å². The number of aromatic nitrogens is 3. The van der Waals surface area contributed by atoms with Crippen molar-refractivity contribution in [3.8, 4) is 17.0 Å². The largest absolute Gasteiger partial charge is 0.497 e. The molecule has 0 fully saturated rings. The van der Waals surface area contributed by atoms with Gasteiger partial charge in [-0.25, -0.2) is 4.98 Å². The summed E-state index contributed by atoms with van der Waals surface area (Å²) in [6.07, 6.45) is -1.89. The fourth-order valence-electron chi connectivity index (χ4n) is 3.95. The zero-order valence-corrected chi connectivity index (χ0v) is 17.5. The van der Waals surface area contributed by atoms with Gasteiger partial charge < -0.3 is 4.74 Å². The third kappa shape index (κ3) is 3.87. The normalized spacial score (nSPS) is 16.0. The van der Waals surface area contributed by atoms with Crippen molar-refractivity contribution in [1.82, 2.24) is 14.8 Å². The predicted molar refractivity (Wildman–Crippen MR) is 109 cm³/mol. The highest BCUT2D eigenvalue weighted by molar-refractivity contribution is 6.11. The van der Waals surface area contributed by atoms with Gasteiger partial charge in [-0.1, -0.05) is 0 Å². The van der Waals surface area contributed by atoms with E-state index in [0.717, 1.165) is 21.4 Å². The van der Waals surface area contributed by atoms with Crippen LogP contribution in [-0.4, -0.2) is 34.0 Å². The molecule has 0 saturated heterocycles. The lowest BCUT2D eigenvalue weighted by Gasteiger charge is -2.19. The van der Waals surface area contributed by atoms with Crippen molar-refractivity contribution in [2.45, 2.75) is 39.5 Å². The van der Waals surface area contributed by atoms with E-state index < -0.39 is 18.8 Å². The van der Waals surface area contributed by atoms with Gasteiger partial charge in [-0.15, -0.1) is 0 Å². The lowest BCUT2D eigenvalue weighted by Crippen LogP contribution is -2.26. The first-order chi connectivity index (χ1) is 14.6. The van der Waals surface area contributed by atoms with Crippen molar-refractivity contribution in [2.24, 2.45) is 0 Å². The number of aryl methyl sites for hydroxylation is 2. The summed E-state index contributed by atoms with van der Waals surface area (Å²) in [5.41, 5.74) is 4.69. The molecule has 9 heteroatoms. The second-order valence-electron chi connectivity index (χ2n) is 7.69. The number of anilines is 1. The summed E-state index contributed by atoms with van der Waals surface area (Å²) in [4.78, 5) is 19.3. The average molecular weight is 430 g/mol. The number of halogens is 3. The quantitative estimate of drug-likeness (QED) is 0.594. The van der Waals surface area contributed by atoms with Crippen molar-refractivity contribution in [2.75, 3.05) is 12.0 Å². The van der Waals surface area contributed by atoms with Gasteiger partial charge in [-0.3, -0.25) is 14.4 Å². The number of ether oxygens (including phenoxy) is 1. The molecule has 162 valence electrons. The highest BCUT2D eigenvalue weighted by Gasteiger charge is 2.39. The summed E-state index contributed by atoms with van der Waals surface area (Å²) in [7, 11) is 1.59. The summed E-state index contributed by atoms with van der Waals surface area (Å²) >= 11 is 0. The molecule has 0 aliphatic carbocycles. The van der Waals surface area contributed by atoms with Crippen LogP contribution in [0.2, 0.25) is 0 Å². The van der Waals surface area contributed by atoms with E-state index in [-0.39, 0.29) is 5.91 Å². The Balaban J connectivity index is 1.73. The van der Waals surface area contributed by atoms with Crippen LogP contribution in [-0.2, 0) is 6.54 Å². The zero-order valence-electron chi connectivity index (χ0n) is 17.5. The number of fused-ring (bicyclic) bond motifs is 1. The number of hydrogen-bond donors (Lipinski definition) is 0. The maximum atomic E-state index is 13.1. The van der Waals surface area contributed by atoms with Crippen LogP contribution in [0.15, 0.2) is 36.7 Å². The number of carbonyl (C=O) groups is 1. The summed E-state index contributed by atoms with van der Waals surface area (Å²) in [5.74, 6) is 0.408. The first-order valence-corrected chi connectivity index (χ1v) is 9.68. The van der Waals surface area contributed by atoms with Gasteiger partial charge in [0.15, 0.2) is 0 Å². The molecule has 1 atom stereocenters. The molecule has 0 N–H and O–H groups in total. The van der Waals surface area contributed by atoms with Crippen LogP contribution >= 0.6 is 0 Å². The molecule has 4 rings (SSSR count). The number of benzene rings is 1. The van der Waals surface area contributed by atoms with Gasteiger partial charge in [0.25, 0.3) is 5.91 Å². The highest BCUT2D eigenvalue weighted by Crippen LogP contribution is 2.39. The second-order valence-corrected chi connectivity index (χ2v) is 7.69. The SMILES string of the molecule is COc1cc(C)cc(-c2cc(C)c3c(n2)C(C)N(c2cnn(CC(F)(F)F)c2)C3=O)c1. The number of alkyl halides is 3. The van der Waals surface area contributed by atoms with Crippen LogP contribution in [0.3, 0.4) is 0 Å². The Kier molecular flexibility index (Phi) is 4.99. The smallest absolute Gasteiger partial charge is 0.408 e. The maximum absolute atomic E-state index is 13.1. The van der Waals surface area contributed by atoms with Crippen LogP contribution in [0.1, 0.15) is 40.1 Å². The fraction of sp³-hybridized carbons (Fsp3) is 0.318. The standard InChI is InChI=1S/C22H21F3N4O2/c1-12-5-15(8-17(6-12)31-4)18-7-13(2)19-20(27-18)14(3)29(21(19)30)16-9-26-28(10-16)11-22(23,24)25/h5-10,14H,11H2,1-4H3. The number of rotatable bonds is 4. The predicted octanol–water partition coefficient (Wildman–Crippen LogP) is 4.85. The third-order valence-corrected chi connectivity index (χ3v) is 5.28. The summed E-state index contributed by atoms with van der Waals surface area (Å²) in [6, 6.07) is 7.17. The molecular weight excluding hydrogens is 409 g/mol. The maximum Gasteiger partial charge on any atom is 0.408 e. The van der Waals surface area contributed by atoms with Gasteiger partial charge in [-0.05, 0) is 56.2 Å². The molecule has 0 bridgehead atoms. The van der Waals surface area contributed by atoms with Crippen molar-refractivity contribution in [1.29, 1.82) is 0 Å². The van der Waals surface area contributed by atoms with E-state index in [0.29, 0.717) is 28.4 Å². The van der Waals surface area contributed by atoms with Crippen molar-refractivity contribution >= 4 is 11.6 Å². The molecule has 1 aliphatic rings. The monoisotopic (exact) mass is 430 g/mol. The molecule has 6 nitrogen and oxygen atoms in total. The Labute approximate surface area is 177 Å². The number of amides is 1. The van der Waals surface area contributed by atoms with Gasteiger partial charge in [0.2, 0.25) is 0 Å². The molecule has 1 aromatic carbocycles. The highest BCUT2D eigenvalue weighted by atomic mass is 19.4. The van der Waals surface area contributed by atoms with E-state index >= 15 is 0 Å². The van der Waals surface area contributed by atoms with E-state index in [2.05, 4.69) is 5.10 Å². The van der Waals surface area contributed by atoms with Gasteiger partial charge in [0.05, 0.1) is 42.0 Å². The average Bonchev–Trinajstić information content (AvgIpc) is 3.22. The fourth-order valence-corrected chi connectivity index (χ4v) is 3.95. The molecule has 1 amide bonds. The minimum absolute atomic E-state index is 0.299. The van der Waals surface area contributed by atoms with E-state index in [4.69, 9.17) is 9.72 Å². The molecule has 3 heterocycles. The van der Waals surface area contributed by atoms with Crippen LogP contribution < -0.4 is 9.64 Å². The number of nitrogens with zero attached hydrogens (tertiary/aromatic N) is 4. The van der Waals surface area contributed by atoms with Crippen molar-refractivity contribution < 1.29 is 22.7 Å². The molecule has 0 saturated carbocycles. The first-order valence-electron chi connectivity index (χ1n) is 9.68. The number of methoxy groups -OCH3 is 1. The Morgan fingerprint density at radius 1 is 1.16 bits per heavy atom. The van der Waals surface area contributed by atoms with Crippen molar-refractivity contribution in [3.05, 3.63) is 59.0 Å². The number of hydrogen-bond acceptors (Lipinski definition) is 4. The van der Waals surface area contributed by atoms with Crippen LogP contribution in [0.25, 0.3) is 11.3 Å². The molecule has 0 radical (unpaired) electrons. The van der Waals surface area contributed by atoms with Crippen LogP contribution in [0.4, 0.5) is 18.9 Å². The van der Waals surface area contributed by atoms with Crippen molar-refractivity contribution in [3.63, 3.8) is 0 Å². The Morgan fingerprint density at radius 3 is 2.58 bits per heavy atom. The molecule has 3 aromatic rings. The number of carbonyl (C=O) groups excluding carboxylic acids is 1. The van der Waals surface area contributed by atoms with E-state index in [9.17, 15) is 18.0 Å². The lowest BCUT2D eigenvalue weighted by molar-refractivity contribution is -0.142. The Hall–Kier alpha value is -3.36.